The van der Waals surface area contributed by atoms with Crippen LogP contribution in [0.15, 0.2) is 24.5 Å². The quantitative estimate of drug-likeness (QED) is 0.186. The normalized spacial score (nSPS) is 9.62. The summed E-state index contributed by atoms with van der Waals surface area (Å²) in [5, 5.41) is 11.0. The Morgan fingerprint density at radius 3 is 2.43 bits per heavy atom. The zero-order chi connectivity index (χ0) is 16.1. The van der Waals surface area contributed by atoms with E-state index in [1.54, 1.807) is 0 Å². The Morgan fingerprint density at radius 2 is 1.81 bits per heavy atom. The summed E-state index contributed by atoms with van der Waals surface area (Å²) < 4.78 is 19.3. The number of alkyl carbamates (subject to hydrolysis) is 1. The molecule has 0 rings (SSSR count). The molecule has 0 aliphatic rings. The topological polar surface area (TPSA) is 103 Å². The molecule has 8 nitrogen and oxygen atoms in total. The molecule has 0 aliphatic heterocycles. The highest BCUT2D eigenvalue weighted by atomic mass is 16.7. The lowest BCUT2D eigenvalue weighted by Gasteiger charge is -2.09. The van der Waals surface area contributed by atoms with Crippen LogP contribution in [-0.2, 0) is 23.7 Å². The summed E-state index contributed by atoms with van der Waals surface area (Å²) in [7, 11) is 0. The third-order valence-corrected chi connectivity index (χ3v) is 1.94. The second-order valence-electron chi connectivity index (χ2n) is 3.85. The van der Waals surface area contributed by atoms with Crippen molar-refractivity contribution in [3.05, 3.63) is 24.5 Å². The molecule has 0 aliphatic carbocycles. The summed E-state index contributed by atoms with van der Waals surface area (Å²) >= 11 is 0. The smallest absolute Gasteiger partial charge is 0.407 e. The largest absolute Gasteiger partial charge is 0.470 e. The fraction of sp³-hybridized carbons (Fsp3) is 0.538. The minimum atomic E-state index is -0.648. The van der Waals surface area contributed by atoms with Gasteiger partial charge < -0.3 is 29.4 Å². The number of rotatable bonds is 11. The Morgan fingerprint density at radius 1 is 1.10 bits per heavy atom. The molecule has 1 amide bonds. The van der Waals surface area contributed by atoms with Crippen LogP contribution >= 0.6 is 0 Å². The number of aliphatic hydroxyl groups excluding tert-OH is 1. The maximum Gasteiger partial charge on any atom is 0.407 e. The second kappa shape index (κ2) is 11.7. The molecule has 120 valence electrons. The van der Waals surface area contributed by atoms with E-state index in [1.165, 1.54) is 6.92 Å². The zero-order valence-electron chi connectivity index (χ0n) is 12.1. The van der Waals surface area contributed by atoms with Gasteiger partial charge in [0.2, 0.25) is 0 Å². The van der Waals surface area contributed by atoms with Crippen molar-refractivity contribution in [1.82, 2.24) is 5.32 Å². The third kappa shape index (κ3) is 11.5. The number of carbonyl (C=O) groups excluding carboxylic acids is 2. The summed E-state index contributed by atoms with van der Waals surface area (Å²) in [5.41, 5.74) is 0.292. The van der Waals surface area contributed by atoms with E-state index in [4.69, 9.17) is 24.1 Å². The van der Waals surface area contributed by atoms with Gasteiger partial charge in [0, 0.05) is 5.57 Å². The molecule has 0 aromatic rings. The fourth-order valence-corrected chi connectivity index (χ4v) is 0.894. The molecule has 0 aromatic carbocycles. The first kappa shape index (κ1) is 18.9. The Bertz CT molecular complexity index is 368. The maximum absolute atomic E-state index is 11.2. The van der Waals surface area contributed by atoms with Crippen molar-refractivity contribution in [3.63, 3.8) is 0 Å². The number of carbonyl (C=O) groups is 2. The van der Waals surface area contributed by atoms with Crippen molar-refractivity contribution in [2.75, 3.05) is 39.8 Å². The van der Waals surface area contributed by atoms with Crippen LogP contribution in [0.1, 0.15) is 6.92 Å². The van der Waals surface area contributed by atoms with E-state index in [0.717, 1.165) is 0 Å². The first-order valence-corrected chi connectivity index (χ1v) is 6.19. The molecule has 0 heterocycles. The molecule has 2 N–H and O–H groups in total. The van der Waals surface area contributed by atoms with Crippen molar-refractivity contribution < 1.29 is 33.6 Å². The van der Waals surface area contributed by atoms with E-state index in [2.05, 4.69) is 18.5 Å². The van der Waals surface area contributed by atoms with Gasteiger partial charge in [-0.15, -0.1) is 0 Å². The molecule has 0 aromatic heterocycles. The summed E-state index contributed by atoms with van der Waals surface area (Å²) in [6.45, 7) is 8.33. The van der Waals surface area contributed by atoms with Gasteiger partial charge >= 0.3 is 12.1 Å². The average molecular weight is 303 g/mol. The molecular weight excluding hydrogens is 282 g/mol. The van der Waals surface area contributed by atoms with E-state index >= 15 is 0 Å². The van der Waals surface area contributed by atoms with Gasteiger partial charge in [0.1, 0.15) is 19.0 Å². The van der Waals surface area contributed by atoms with Crippen molar-refractivity contribution >= 4 is 12.1 Å². The second-order valence-corrected chi connectivity index (χ2v) is 3.85. The lowest BCUT2D eigenvalue weighted by molar-refractivity contribution is -0.138. The molecule has 0 unspecified atom stereocenters. The highest BCUT2D eigenvalue weighted by Crippen LogP contribution is 1.92. The van der Waals surface area contributed by atoms with E-state index < -0.39 is 12.1 Å². The van der Waals surface area contributed by atoms with Crippen molar-refractivity contribution in [3.8, 4) is 0 Å². The molecule has 0 bridgehead atoms. The van der Waals surface area contributed by atoms with Crippen LogP contribution in [0.3, 0.4) is 0 Å². The van der Waals surface area contributed by atoms with Crippen LogP contribution < -0.4 is 5.32 Å². The van der Waals surface area contributed by atoms with Gasteiger partial charge in [-0.3, -0.25) is 0 Å². The molecule has 0 saturated heterocycles. The van der Waals surface area contributed by atoms with Crippen molar-refractivity contribution in [1.29, 1.82) is 0 Å². The number of hydrogen-bond donors (Lipinski definition) is 2. The van der Waals surface area contributed by atoms with Gasteiger partial charge in [-0.1, -0.05) is 13.2 Å². The molecule has 0 radical (unpaired) electrons. The Kier molecular flexibility index (Phi) is 10.6. The summed E-state index contributed by atoms with van der Waals surface area (Å²) in [4.78, 5) is 22.2. The van der Waals surface area contributed by atoms with Gasteiger partial charge in [0.05, 0.1) is 19.8 Å². The summed E-state index contributed by atoms with van der Waals surface area (Å²) in [5.74, 6) is -0.319. The van der Waals surface area contributed by atoms with E-state index in [-0.39, 0.29) is 45.5 Å². The number of esters is 1. The monoisotopic (exact) mass is 303 g/mol. The van der Waals surface area contributed by atoms with E-state index in [1.807, 2.05) is 0 Å². The molecule has 0 saturated carbocycles. The molecule has 0 fully saturated rings. The first-order valence-electron chi connectivity index (χ1n) is 6.19. The van der Waals surface area contributed by atoms with Gasteiger partial charge in [-0.2, -0.15) is 0 Å². The summed E-state index contributed by atoms with van der Waals surface area (Å²) in [6, 6.07) is 0. The first-order chi connectivity index (χ1) is 9.97. The number of amides is 1. The lowest BCUT2D eigenvalue weighted by Crippen LogP contribution is -2.29. The SMILES string of the molecule is C=C(CO)OCOCCOC(=O)NCCOC(=O)C(=C)C. The third-order valence-electron chi connectivity index (χ3n) is 1.94. The summed E-state index contributed by atoms with van der Waals surface area (Å²) in [6.07, 6.45) is -0.648. The van der Waals surface area contributed by atoms with Crippen LogP contribution in [0.4, 0.5) is 4.79 Å². The minimum absolute atomic E-state index is 0.0341. The Labute approximate surface area is 123 Å². The number of nitrogens with one attached hydrogen (secondary N) is 1. The predicted molar refractivity (Wildman–Crippen MR) is 73.3 cm³/mol. The van der Waals surface area contributed by atoms with E-state index in [0.29, 0.717) is 5.57 Å². The molecule has 0 atom stereocenters. The minimum Gasteiger partial charge on any atom is -0.470 e. The zero-order valence-corrected chi connectivity index (χ0v) is 12.1. The van der Waals surface area contributed by atoms with Crippen molar-refractivity contribution in [2.45, 2.75) is 6.92 Å². The number of ether oxygens (including phenoxy) is 4. The average Bonchev–Trinajstić information content (AvgIpc) is 2.46. The number of aliphatic hydroxyl groups is 1. The predicted octanol–water partition coefficient (Wildman–Crippen LogP) is 0.329. The molecule has 8 heteroatoms. The number of hydrogen-bond acceptors (Lipinski definition) is 7. The van der Waals surface area contributed by atoms with Crippen LogP contribution in [-0.4, -0.2) is 56.9 Å². The maximum atomic E-state index is 11.2. The van der Waals surface area contributed by atoms with Gasteiger partial charge in [-0.05, 0) is 6.92 Å². The van der Waals surface area contributed by atoms with E-state index in [9.17, 15) is 9.59 Å². The van der Waals surface area contributed by atoms with Crippen LogP contribution in [0.5, 0.6) is 0 Å². The van der Waals surface area contributed by atoms with Crippen LogP contribution in [0, 0.1) is 0 Å². The van der Waals surface area contributed by atoms with Crippen molar-refractivity contribution in [2.24, 2.45) is 0 Å². The fourth-order valence-electron chi connectivity index (χ4n) is 0.894. The lowest BCUT2D eigenvalue weighted by atomic mass is 10.4. The van der Waals surface area contributed by atoms with Crippen LogP contribution in [0.25, 0.3) is 0 Å². The van der Waals surface area contributed by atoms with Crippen LogP contribution in [0.2, 0.25) is 0 Å². The van der Waals surface area contributed by atoms with Gasteiger partial charge in [0.25, 0.3) is 0 Å². The Balaban J connectivity index is 3.41. The Hall–Kier alpha value is -2.06. The highest BCUT2D eigenvalue weighted by molar-refractivity contribution is 5.86. The van der Waals surface area contributed by atoms with Gasteiger partial charge in [0.15, 0.2) is 6.79 Å². The molecule has 0 spiro atoms. The molecule has 21 heavy (non-hydrogen) atoms. The highest BCUT2D eigenvalue weighted by Gasteiger charge is 2.04. The standard InChI is InChI=1S/C13H21NO7/c1-10(2)12(16)19-5-4-14-13(17)20-7-6-18-9-21-11(3)8-15/h15H,1,3-9H2,2H3,(H,14,17). The molecular formula is C13H21NO7. The van der Waals surface area contributed by atoms with Gasteiger partial charge in [-0.25, -0.2) is 9.59 Å².